The fourth-order valence-corrected chi connectivity index (χ4v) is 3.18. The fourth-order valence-electron chi connectivity index (χ4n) is 3.18. The van der Waals surface area contributed by atoms with Crippen LogP contribution in [0.15, 0.2) is 24.3 Å². The molecule has 1 heterocycles. The largest absolute Gasteiger partial charge is 0.330 e. The summed E-state index contributed by atoms with van der Waals surface area (Å²) in [6.45, 7) is 8.65. The molecule has 2 N–H and O–H groups in total. The summed E-state index contributed by atoms with van der Waals surface area (Å²) < 4.78 is 0. The highest BCUT2D eigenvalue weighted by Crippen LogP contribution is 2.41. The number of aryl methyl sites for hydroxylation is 1. The second kappa shape index (κ2) is 4.67. The molecule has 2 heteroatoms. The van der Waals surface area contributed by atoms with E-state index in [1.165, 1.54) is 11.1 Å². The molecule has 1 fully saturated rings. The lowest BCUT2D eigenvalue weighted by atomic mass is 9.67. The monoisotopic (exact) mass is 246 g/mol. The highest BCUT2D eigenvalue weighted by molar-refractivity contribution is 5.31. The topological polar surface area (TPSA) is 29.3 Å². The highest BCUT2D eigenvalue weighted by atomic mass is 15.2. The number of piperidine rings is 1. The molecule has 1 aliphatic heterocycles. The summed E-state index contributed by atoms with van der Waals surface area (Å²) in [5, 5.41) is 0. The molecular weight excluding hydrogens is 220 g/mol. The third-order valence-electron chi connectivity index (χ3n) is 4.78. The SMILES string of the molecule is Cc1ccc(C2(CN)CCN(C)C(C)(C)C2)cc1. The van der Waals surface area contributed by atoms with Crippen LogP contribution in [-0.2, 0) is 5.41 Å². The maximum absolute atomic E-state index is 6.16. The highest BCUT2D eigenvalue weighted by Gasteiger charge is 2.42. The van der Waals surface area contributed by atoms with E-state index in [-0.39, 0.29) is 11.0 Å². The molecule has 0 radical (unpaired) electrons. The van der Waals surface area contributed by atoms with Crippen LogP contribution in [0.2, 0.25) is 0 Å². The second-order valence-electron chi connectivity index (χ2n) is 6.51. The minimum atomic E-state index is 0.156. The third kappa shape index (κ3) is 2.32. The number of likely N-dealkylation sites (tertiary alicyclic amines) is 1. The Balaban J connectivity index is 2.34. The summed E-state index contributed by atoms with van der Waals surface area (Å²) in [6.07, 6.45) is 2.29. The van der Waals surface area contributed by atoms with Gasteiger partial charge in [-0.3, -0.25) is 0 Å². The maximum atomic E-state index is 6.16. The van der Waals surface area contributed by atoms with Gasteiger partial charge in [0, 0.05) is 17.5 Å². The maximum Gasteiger partial charge on any atom is 0.0159 e. The van der Waals surface area contributed by atoms with Crippen LogP contribution in [0.25, 0.3) is 0 Å². The number of hydrogen-bond donors (Lipinski definition) is 1. The van der Waals surface area contributed by atoms with Gasteiger partial charge in [0.1, 0.15) is 0 Å². The van der Waals surface area contributed by atoms with Crippen LogP contribution in [-0.4, -0.2) is 30.6 Å². The molecule has 0 aliphatic carbocycles. The van der Waals surface area contributed by atoms with E-state index < -0.39 is 0 Å². The van der Waals surface area contributed by atoms with Gasteiger partial charge in [-0.2, -0.15) is 0 Å². The third-order valence-corrected chi connectivity index (χ3v) is 4.78. The van der Waals surface area contributed by atoms with Crippen LogP contribution < -0.4 is 5.73 Å². The number of rotatable bonds is 2. The Kier molecular flexibility index (Phi) is 3.52. The molecule has 2 rings (SSSR count). The van der Waals surface area contributed by atoms with Gasteiger partial charge < -0.3 is 10.6 Å². The van der Waals surface area contributed by atoms with Gasteiger partial charge in [0.05, 0.1) is 0 Å². The van der Waals surface area contributed by atoms with E-state index in [2.05, 4.69) is 57.0 Å². The van der Waals surface area contributed by atoms with Crippen molar-refractivity contribution in [3.05, 3.63) is 35.4 Å². The van der Waals surface area contributed by atoms with Crippen LogP contribution in [0.3, 0.4) is 0 Å². The van der Waals surface area contributed by atoms with Crippen LogP contribution in [0.4, 0.5) is 0 Å². The van der Waals surface area contributed by atoms with Crippen molar-refractivity contribution >= 4 is 0 Å². The van der Waals surface area contributed by atoms with Crippen molar-refractivity contribution in [3.63, 3.8) is 0 Å². The van der Waals surface area contributed by atoms with Gasteiger partial charge in [-0.15, -0.1) is 0 Å². The van der Waals surface area contributed by atoms with E-state index in [1.54, 1.807) is 0 Å². The molecule has 0 aromatic heterocycles. The molecule has 18 heavy (non-hydrogen) atoms. The zero-order valence-corrected chi connectivity index (χ0v) is 12.2. The quantitative estimate of drug-likeness (QED) is 0.869. The lowest BCUT2D eigenvalue weighted by Gasteiger charge is -2.50. The van der Waals surface area contributed by atoms with E-state index in [9.17, 15) is 0 Å². The zero-order chi connectivity index (χ0) is 13.4. The van der Waals surface area contributed by atoms with Gasteiger partial charge in [0.25, 0.3) is 0 Å². The predicted octanol–water partition coefficient (Wildman–Crippen LogP) is 2.70. The van der Waals surface area contributed by atoms with Crippen molar-refractivity contribution < 1.29 is 0 Å². The Hall–Kier alpha value is -0.860. The summed E-state index contributed by atoms with van der Waals surface area (Å²) in [5.41, 5.74) is 9.27. The fraction of sp³-hybridized carbons (Fsp3) is 0.625. The number of hydrogen-bond acceptors (Lipinski definition) is 2. The zero-order valence-electron chi connectivity index (χ0n) is 12.2. The van der Waals surface area contributed by atoms with Crippen molar-refractivity contribution in [1.29, 1.82) is 0 Å². The standard InChI is InChI=1S/C16H26N2/c1-13-5-7-14(8-6-13)16(12-17)9-10-18(4)15(2,3)11-16/h5-8H,9-12,17H2,1-4H3. The molecule has 1 aliphatic rings. The van der Waals surface area contributed by atoms with E-state index in [4.69, 9.17) is 5.73 Å². The van der Waals surface area contributed by atoms with Crippen molar-refractivity contribution in [3.8, 4) is 0 Å². The average Bonchev–Trinajstić information content (AvgIpc) is 2.34. The van der Waals surface area contributed by atoms with Crippen LogP contribution >= 0.6 is 0 Å². The Morgan fingerprint density at radius 3 is 2.33 bits per heavy atom. The van der Waals surface area contributed by atoms with Gasteiger partial charge >= 0.3 is 0 Å². The summed E-state index contributed by atoms with van der Waals surface area (Å²) >= 11 is 0. The summed E-state index contributed by atoms with van der Waals surface area (Å²) in [6, 6.07) is 8.95. The van der Waals surface area contributed by atoms with Crippen molar-refractivity contribution in [2.45, 2.75) is 44.6 Å². The van der Waals surface area contributed by atoms with E-state index in [0.29, 0.717) is 0 Å². The Morgan fingerprint density at radius 2 is 1.83 bits per heavy atom. The first-order valence-corrected chi connectivity index (χ1v) is 6.88. The molecule has 0 saturated carbocycles. The van der Waals surface area contributed by atoms with Gasteiger partial charge in [0.2, 0.25) is 0 Å². The molecule has 1 unspecified atom stereocenters. The van der Waals surface area contributed by atoms with Gasteiger partial charge in [-0.25, -0.2) is 0 Å². The number of nitrogens with zero attached hydrogens (tertiary/aromatic N) is 1. The Morgan fingerprint density at radius 1 is 1.22 bits per heavy atom. The number of benzene rings is 1. The Bertz CT molecular complexity index is 408. The lowest BCUT2D eigenvalue weighted by molar-refractivity contribution is 0.0567. The minimum absolute atomic E-state index is 0.156. The van der Waals surface area contributed by atoms with Crippen molar-refractivity contribution in [1.82, 2.24) is 4.90 Å². The number of nitrogens with two attached hydrogens (primary N) is 1. The van der Waals surface area contributed by atoms with Crippen LogP contribution in [0.5, 0.6) is 0 Å². The normalized spacial score (nSPS) is 28.3. The molecular formula is C16H26N2. The molecule has 0 amide bonds. The molecule has 0 spiro atoms. The predicted molar refractivity (Wildman–Crippen MR) is 77.9 cm³/mol. The van der Waals surface area contributed by atoms with E-state index in [1.807, 2.05) is 0 Å². The first-order valence-electron chi connectivity index (χ1n) is 6.88. The average molecular weight is 246 g/mol. The molecule has 1 atom stereocenters. The van der Waals surface area contributed by atoms with Crippen LogP contribution in [0, 0.1) is 6.92 Å². The molecule has 2 nitrogen and oxygen atoms in total. The van der Waals surface area contributed by atoms with Crippen molar-refractivity contribution in [2.75, 3.05) is 20.1 Å². The van der Waals surface area contributed by atoms with E-state index in [0.717, 1.165) is 25.9 Å². The first kappa shape index (κ1) is 13.6. The molecule has 1 aromatic carbocycles. The summed E-state index contributed by atoms with van der Waals surface area (Å²) in [4.78, 5) is 2.45. The van der Waals surface area contributed by atoms with Gasteiger partial charge in [-0.05, 0) is 52.8 Å². The summed E-state index contributed by atoms with van der Waals surface area (Å²) in [5.74, 6) is 0. The Labute approximate surface area is 111 Å². The van der Waals surface area contributed by atoms with Gasteiger partial charge in [-0.1, -0.05) is 29.8 Å². The van der Waals surface area contributed by atoms with E-state index >= 15 is 0 Å². The lowest BCUT2D eigenvalue weighted by Crippen LogP contribution is -2.55. The molecule has 1 aromatic rings. The van der Waals surface area contributed by atoms with Crippen molar-refractivity contribution in [2.24, 2.45) is 5.73 Å². The smallest absolute Gasteiger partial charge is 0.0159 e. The second-order valence-corrected chi connectivity index (χ2v) is 6.51. The summed E-state index contributed by atoms with van der Waals surface area (Å²) in [7, 11) is 2.22. The molecule has 0 bridgehead atoms. The van der Waals surface area contributed by atoms with Crippen LogP contribution in [0.1, 0.15) is 37.8 Å². The minimum Gasteiger partial charge on any atom is -0.330 e. The molecule has 1 saturated heterocycles. The first-order chi connectivity index (χ1) is 8.39. The van der Waals surface area contributed by atoms with Gasteiger partial charge in [0.15, 0.2) is 0 Å². The molecule has 100 valence electrons.